The van der Waals surface area contributed by atoms with E-state index in [1.807, 2.05) is 36.5 Å². The summed E-state index contributed by atoms with van der Waals surface area (Å²) in [5.41, 5.74) is 3.62. The highest BCUT2D eigenvalue weighted by molar-refractivity contribution is 7.17. The van der Waals surface area contributed by atoms with Gasteiger partial charge in [0.05, 0.1) is 12.1 Å². The molecule has 144 valence electrons. The summed E-state index contributed by atoms with van der Waals surface area (Å²) in [5.74, 6) is 0.348. The molecule has 2 aromatic rings. The Hall–Kier alpha value is -2.18. The van der Waals surface area contributed by atoms with E-state index in [4.69, 9.17) is 0 Å². The normalized spacial score (nSPS) is 12.9. The number of quaternary nitrogens is 1. The van der Waals surface area contributed by atoms with Crippen LogP contribution < -0.4 is 16.0 Å². The zero-order valence-corrected chi connectivity index (χ0v) is 17.0. The minimum absolute atomic E-state index is 0.0554. The van der Waals surface area contributed by atoms with Crippen LogP contribution in [0, 0.1) is 12.8 Å². The molecule has 1 aliphatic rings. The molecular weight excluding hydrogens is 358 g/mol. The summed E-state index contributed by atoms with van der Waals surface area (Å²) in [6, 6.07) is 7.76. The minimum Gasteiger partial charge on any atom is -0.338 e. The van der Waals surface area contributed by atoms with E-state index in [9.17, 15) is 9.59 Å². The predicted octanol–water partition coefficient (Wildman–Crippen LogP) is 2.96. The molecule has 1 aromatic heterocycles. The third-order valence-electron chi connectivity index (χ3n) is 4.65. The van der Waals surface area contributed by atoms with Crippen LogP contribution in [0.15, 0.2) is 24.3 Å². The minimum atomic E-state index is -0.138. The fraction of sp³-hybridized carbons (Fsp3) is 0.429. The van der Waals surface area contributed by atoms with Gasteiger partial charge >= 0.3 is 0 Å². The smallest absolute Gasteiger partial charge is 0.280 e. The molecule has 0 fully saturated rings. The summed E-state index contributed by atoms with van der Waals surface area (Å²) >= 11 is 1.55. The van der Waals surface area contributed by atoms with Crippen molar-refractivity contribution in [2.24, 2.45) is 5.92 Å². The fourth-order valence-corrected chi connectivity index (χ4v) is 4.68. The Morgan fingerprint density at radius 1 is 1.22 bits per heavy atom. The maximum absolute atomic E-state index is 13.0. The first kappa shape index (κ1) is 19.6. The zero-order valence-electron chi connectivity index (χ0n) is 16.2. The van der Waals surface area contributed by atoms with E-state index in [1.54, 1.807) is 11.3 Å². The molecule has 0 saturated carbocycles. The van der Waals surface area contributed by atoms with Crippen LogP contribution in [0.2, 0.25) is 0 Å². The van der Waals surface area contributed by atoms with E-state index in [0.29, 0.717) is 23.0 Å². The first-order valence-electron chi connectivity index (χ1n) is 9.58. The molecule has 1 aliphatic carbocycles. The van der Waals surface area contributed by atoms with Crippen molar-refractivity contribution >= 4 is 33.8 Å². The van der Waals surface area contributed by atoms with Crippen molar-refractivity contribution in [2.45, 2.75) is 40.0 Å². The Kier molecular flexibility index (Phi) is 6.29. The Morgan fingerprint density at radius 3 is 2.78 bits per heavy atom. The van der Waals surface area contributed by atoms with Crippen molar-refractivity contribution in [2.75, 3.05) is 23.7 Å². The molecule has 27 heavy (non-hydrogen) atoms. The van der Waals surface area contributed by atoms with Crippen molar-refractivity contribution < 1.29 is 14.9 Å². The van der Waals surface area contributed by atoms with E-state index in [-0.39, 0.29) is 11.8 Å². The molecule has 5 nitrogen and oxygen atoms in total. The van der Waals surface area contributed by atoms with Gasteiger partial charge in [-0.2, -0.15) is 0 Å². The second-order valence-corrected chi connectivity index (χ2v) is 8.66. The van der Waals surface area contributed by atoms with Gasteiger partial charge in [0.15, 0.2) is 6.54 Å². The lowest BCUT2D eigenvalue weighted by Gasteiger charge is -2.10. The molecule has 0 unspecified atom stereocenters. The lowest BCUT2D eigenvalue weighted by Crippen LogP contribution is -2.87. The van der Waals surface area contributed by atoms with Crippen molar-refractivity contribution in [1.29, 1.82) is 0 Å². The Balaban J connectivity index is 1.75. The molecular formula is C21H28N3O2S+. The molecule has 4 N–H and O–H groups in total. The molecule has 6 heteroatoms. The summed E-state index contributed by atoms with van der Waals surface area (Å²) in [6.45, 7) is 7.55. The van der Waals surface area contributed by atoms with Crippen molar-refractivity contribution in [3.05, 3.63) is 45.8 Å². The Bertz CT molecular complexity index is 842. The van der Waals surface area contributed by atoms with Gasteiger partial charge in [-0.15, -0.1) is 11.3 Å². The van der Waals surface area contributed by atoms with Gasteiger partial charge in [-0.25, -0.2) is 0 Å². The summed E-state index contributed by atoms with van der Waals surface area (Å²) < 4.78 is 0. The largest absolute Gasteiger partial charge is 0.338 e. The molecule has 0 radical (unpaired) electrons. The first-order valence-corrected chi connectivity index (χ1v) is 10.4. The number of carbonyl (C=O) groups excluding carboxylic acids is 2. The number of thiophene rings is 1. The number of rotatable bonds is 7. The average molecular weight is 387 g/mol. The third-order valence-corrected chi connectivity index (χ3v) is 5.85. The van der Waals surface area contributed by atoms with Crippen LogP contribution in [0.25, 0.3) is 0 Å². The number of hydrogen-bond acceptors (Lipinski definition) is 3. The predicted molar refractivity (Wildman–Crippen MR) is 111 cm³/mol. The van der Waals surface area contributed by atoms with Crippen LogP contribution in [0.3, 0.4) is 0 Å². The summed E-state index contributed by atoms with van der Waals surface area (Å²) in [4.78, 5) is 26.5. The van der Waals surface area contributed by atoms with Gasteiger partial charge < -0.3 is 16.0 Å². The third kappa shape index (κ3) is 4.96. The molecule has 1 heterocycles. The molecule has 1 aromatic carbocycles. The number of nitrogens with two attached hydrogens (primary N) is 1. The van der Waals surface area contributed by atoms with Gasteiger partial charge in [-0.3, -0.25) is 9.59 Å². The second-order valence-electron chi connectivity index (χ2n) is 7.56. The molecule has 0 bridgehead atoms. The van der Waals surface area contributed by atoms with E-state index >= 15 is 0 Å². The van der Waals surface area contributed by atoms with Gasteiger partial charge in [0.1, 0.15) is 5.00 Å². The summed E-state index contributed by atoms with van der Waals surface area (Å²) in [7, 11) is 0. The van der Waals surface area contributed by atoms with Crippen LogP contribution in [0.4, 0.5) is 10.7 Å². The highest BCUT2D eigenvalue weighted by Gasteiger charge is 2.27. The maximum Gasteiger partial charge on any atom is 0.280 e. The lowest BCUT2D eigenvalue weighted by atomic mass is 10.1. The van der Waals surface area contributed by atoms with Crippen LogP contribution >= 0.6 is 11.3 Å². The Morgan fingerprint density at radius 2 is 2.04 bits per heavy atom. The van der Waals surface area contributed by atoms with Gasteiger partial charge in [0.2, 0.25) is 0 Å². The van der Waals surface area contributed by atoms with Crippen LogP contribution in [-0.4, -0.2) is 24.9 Å². The summed E-state index contributed by atoms with van der Waals surface area (Å²) in [6.07, 6.45) is 2.96. The number of benzene rings is 1. The van der Waals surface area contributed by atoms with Gasteiger partial charge in [0.25, 0.3) is 11.8 Å². The van der Waals surface area contributed by atoms with E-state index in [2.05, 4.69) is 24.5 Å². The number of nitrogens with one attached hydrogen (secondary N) is 2. The monoisotopic (exact) mass is 386 g/mol. The number of hydrogen-bond donors (Lipinski definition) is 3. The van der Waals surface area contributed by atoms with Gasteiger partial charge in [0, 0.05) is 16.5 Å². The van der Waals surface area contributed by atoms with Crippen LogP contribution in [0.1, 0.15) is 46.6 Å². The molecule has 0 atom stereocenters. The standard InChI is InChI=1S/C21H27N3O2S/c1-13(2)11-22-12-18(25)24-21-19(16-8-5-9-17(16)27-21)20(26)23-15-7-4-6-14(3)10-15/h4,6-7,10,13,22H,5,8-9,11-12H2,1-3H3,(H,23,26)(H,24,25)/p+1. The van der Waals surface area contributed by atoms with Crippen LogP contribution in [0.5, 0.6) is 0 Å². The SMILES string of the molecule is Cc1cccc(NC(=O)c2c(NC(=O)C[NH2+]CC(C)C)sc3c2CCC3)c1. The number of aryl methyl sites for hydroxylation is 2. The Labute approximate surface area is 164 Å². The van der Waals surface area contributed by atoms with Crippen molar-refractivity contribution in [3.63, 3.8) is 0 Å². The first-order chi connectivity index (χ1) is 12.9. The summed E-state index contributed by atoms with van der Waals surface area (Å²) in [5, 5.41) is 8.67. The van der Waals surface area contributed by atoms with Crippen molar-refractivity contribution in [3.8, 4) is 0 Å². The van der Waals surface area contributed by atoms with E-state index in [0.717, 1.165) is 42.6 Å². The fourth-order valence-electron chi connectivity index (χ4n) is 3.37. The molecule has 0 spiro atoms. The lowest BCUT2D eigenvalue weighted by molar-refractivity contribution is -0.648. The second kappa shape index (κ2) is 8.67. The number of fused-ring (bicyclic) bond motifs is 1. The number of anilines is 2. The zero-order chi connectivity index (χ0) is 19.4. The number of carbonyl (C=O) groups is 2. The van der Waals surface area contributed by atoms with Crippen LogP contribution in [-0.2, 0) is 17.6 Å². The average Bonchev–Trinajstić information content (AvgIpc) is 3.14. The van der Waals surface area contributed by atoms with E-state index < -0.39 is 0 Å². The number of amides is 2. The molecule has 3 rings (SSSR count). The quantitative estimate of drug-likeness (QED) is 0.684. The molecule has 0 aliphatic heterocycles. The highest BCUT2D eigenvalue weighted by atomic mass is 32.1. The maximum atomic E-state index is 13.0. The van der Waals surface area contributed by atoms with E-state index in [1.165, 1.54) is 4.88 Å². The highest BCUT2D eigenvalue weighted by Crippen LogP contribution is 2.39. The van der Waals surface area contributed by atoms with Gasteiger partial charge in [-0.1, -0.05) is 26.0 Å². The van der Waals surface area contributed by atoms with Crippen molar-refractivity contribution in [1.82, 2.24) is 0 Å². The molecule has 2 amide bonds. The topological polar surface area (TPSA) is 74.8 Å². The molecule has 0 saturated heterocycles. The van der Waals surface area contributed by atoms with Gasteiger partial charge in [-0.05, 0) is 49.4 Å².